The molecule has 21 heavy (non-hydrogen) atoms. The first-order valence-electron chi connectivity index (χ1n) is 7.19. The summed E-state index contributed by atoms with van der Waals surface area (Å²) in [5.41, 5.74) is 0.947. The van der Waals surface area contributed by atoms with Gasteiger partial charge in [-0.2, -0.15) is 0 Å². The number of aliphatic carboxylic acids is 1. The number of fused-ring (bicyclic) bond motifs is 1. The average molecular weight is 321 g/mol. The van der Waals surface area contributed by atoms with Gasteiger partial charge in [-0.05, 0) is 36.8 Å². The van der Waals surface area contributed by atoms with Gasteiger partial charge < -0.3 is 5.11 Å². The Labute approximate surface area is 132 Å². The molecular weight excluding hydrogens is 302 g/mol. The molecule has 0 aromatic carbocycles. The van der Waals surface area contributed by atoms with Crippen molar-refractivity contribution in [2.24, 2.45) is 0 Å². The largest absolute Gasteiger partial charge is 0.481 e. The summed E-state index contributed by atoms with van der Waals surface area (Å²) >= 11 is 3.44. The number of thiophene rings is 1. The summed E-state index contributed by atoms with van der Waals surface area (Å²) in [5, 5.41) is 10.3. The Morgan fingerprint density at radius 2 is 2.10 bits per heavy atom. The Hall–Kier alpha value is -1.20. The van der Waals surface area contributed by atoms with Crippen LogP contribution in [-0.4, -0.2) is 16.1 Å². The van der Waals surface area contributed by atoms with E-state index in [0.717, 1.165) is 33.3 Å². The second-order valence-electron chi connectivity index (χ2n) is 6.52. The number of thiazole rings is 1. The summed E-state index contributed by atoms with van der Waals surface area (Å²) in [6, 6.07) is 4.28. The monoisotopic (exact) mass is 321 g/mol. The van der Waals surface area contributed by atoms with Crippen LogP contribution in [0.1, 0.15) is 55.0 Å². The van der Waals surface area contributed by atoms with Crippen molar-refractivity contribution in [1.82, 2.24) is 4.98 Å². The van der Waals surface area contributed by atoms with E-state index in [9.17, 15) is 9.90 Å². The van der Waals surface area contributed by atoms with Gasteiger partial charge in [-0.3, -0.25) is 4.79 Å². The van der Waals surface area contributed by atoms with E-state index < -0.39 is 11.9 Å². The zero-order chi connectivity index (χ0) is 15.2. The molecule has 3 nitrogen and oxygen atoms in total. The molecular formula is C16H19NO2S2. The summed E-state index contributed by atoms with van der Waals surface area (Å²) in [6.07, 6.45) is 2.63. The van der Waals surface area contributed by atoms with Crippen LogP contribution in [0.15, 0.2) is 12.1 Å². The standard InChI is InChI=1S/C16H19NO2S2/c1-16(2,3)12-8-7-11(20-12)14-17-13-9(15(18)19)5-4-6-10(13)21-14/h7-9H,4-6H2,1-3H3,(H,18,19). The minimum absolute atomic E-state index is 0.142. The average Bonchev–Trinajstić information content (AvgIpc) is 3.03. The van der Waals surface area contributed by atoms with E-state index in [1.54, 1.807) is 22.7 Å². The highest BCUT2D eigenvalue weighted by molar-refractivity contribution is 7.22. The summed E-state index contributed by atoms with van der Waals surface area (Å²) in [6.45, 7) is 6.61. The summed E-state index contributed by atoms with van der Waals surface area (Å²) in [5.74, 6) is -1.16. The quantitative estimate of drug-likeness (QED) is 0.874. The molecule has 1 aliphatic rings. The van der Waals surface area contributed by atoms with Gasteiger partial charge in [-0.1, -0.05) is 20.8 Å². The second kappa shape index (κ2) is 5.21. The van der Waals surface area contributed by atoms with E-state index in [2.05, 4.69) is 37.9 Å². The van der Waals surface area contributed by atoms with Crippen LogP contribution >= 0.6 is 22.7 Å². The van der Waals surface area contributed by atoms with E-state index >= 15 is 0 Å². The zero-order valence-electron chi connectivity index (χ0n) is 12.5. The van der Waals surface area contributed by atoms with Crippen LogP contribution in [0.5, 0.6) is 0 Å². The van der Waals surface area contributed by atoms with E-state index in [0.29, 0.717) is 6.42 Å². The second-order valence-corrected chi connectivity index (χ2v) is 8.69. The van der Waals surface area contributed by atoms with Gasteiger partial charge in [0.15, 0.2) is 0 Å². The van der Waals surface area contributed by atoms with Gasteiger partial charge in [-0.25, -0.2) is 4.98 Å². The fourth-order valence-electron chi connectivity index (χ4n) is 2.62. The highest BCUT2D eigenvalue weighted by Gasteiger charge is 2.30. The molecule has 0 fully saturated rings. The van der Waals surface area contributed by atoms with Crippen molar-refractivity contribution in [3.8, 4) is 9.88 Å². The van der Waals surface area contributed by atoms with E-state index in [-0.39, 0.29) is 5.41 Å². The lowest BCUT2D eigenvalue weighted by Crippen LogP contribution is -2.17. The molecule has 1 atom stereocenters. The van der Waals surface area contributed by atoms with Gasteiger partial charge in [0.25, 0.3) is 0 Å². The first-order valence-corrected chi connectivity index (χ1v) is 8.82. The maximum Gasteiger partial charge on any atom is 0.312 e. The van der Waals surface area contributed by atoms with Crippen molar-refractivity contribution in [2.45, 2.75) is 51.4 Å². The lowest BCUT2D eigenvalue weighted by Gasteiger charge is -2.16. The van der Waals surface area contributed by atoms with Gasteiger partial charge in [0.1, 0.15) is 10.9 Å². The third-order valence-electron chi connectivity index (χ3n) is 3.81. The molecule has 1 N–H and O–H groups in total. The zero-order valence-corrected chi connectivity index (χ0v) is 14.1. The van der Waals surface area contributed by atoms with Crippen LogP contribution in [0.2, 0.25) is 0 Å². The molecule has 0 radical (unpaired) electrons. The lowest BCUT2D eigenvalue weighted by atomic mass is 9.91. The van der Waals surface area contributed by atoms with E-state index in [1.165, 1.54) is 4.88 Å². The van der Waals surface area contributed by atoms with Crippen molar-refractivity contribution in [3.63, 3.8) is 0 Å². The molecule has 5 heteroatoms. The van der Waals surface area contributed by atoms with Crippen LogP contribution in [0.4, 0.5) is 0 Å². The maximum absolute atomic E-state index is 11.4. The first kappa shape index (κ1) is 14.7. The summed E-state index contributed by atoms with van der Waals surface area (Å²) in [4.78, 5) is 19.7. The van der Waals surface area contributed by atoms with Gasteiger partial charge in [0, 0.05) is 9.75 Å². The normalized spacial score (nSPS) is 18.5. The number of carbonyl (C=O) groups is 1. The molecule has 1 aliphatic carbocycles. The molecule has 3 rings (SSSR count). The minimum Gasteiger partial charge on any atom is -0.481 e. The number of nitrogens with zero attached hydrogens (tertiary/aromatic N) is 1. The Morgan fingerprint density at radius 3 is 2.71 bits per heavy atom. The van der Waals surface area contributed by atoms with Crippen molar-refractivity contribution in [1.29, 1.82) is 0 Å². The molecule has 0 bridgehead atoms. The summed E-state index contributed by atoms with van der Waals surface area (Å²) in [7, 11) is 0. The molecule has 0 aliphatic heterocycles. The van der Waals surface area contributed by atoms with Gasteiger partial charge in [0.2, 0.25) is 0 Å². The van der Waals surface area contributed by atoms with Crippen LogP contribution in [0.25, 0.3) is 9.88 Å². The molecule has 0 spiro atoms. The molecule has 2 aromatic heterocycles. The first-order chi connectivity index (χ1) is 9.86. The third kappa shape index (κ3) is 2.77. The Kier molecular flexibility index (Phi) is 3.66. The van der Waals surface area contributed by atoms with E-state index in [4.69, 9.17) is 0 Å². The number of hydrogen-bond donors (Lipinski definition) is 1. The number of aromatic nitrogens is 1. The Balaban J connectivity index is 1.98. The predicted octanol–water partition coefficient (Wildman–Crippen LogP) is 4.67. The minimum atomic E-state index is -0.741. The molecule has 1 unspecified atom stereocenters. The van der Waals surface area contributed by atoms with Crippen LogP contribution < -0.4 is 0 Å². The van der Waals surface area contributed by atoms with Crippen molar-refractivity contribution in [2.75, 3.05) is 0 Å². The number of aryl methyl sites for hydroxylation is 1. The SMILES string of the molecule is CC(C)(C)c1ccc(-c2nc3c(s2)CCCC3C(=O)O)s1. The van der Waals surface area contributed by atoms with Crippen LogP contribution in [-0.2, 0) is 16.6 Å². The molecule has 0 saturated heterocycles. The molecule has 0 saturated carbocycles. The predicted molar refractivity (Wildman–Crippen MR) is 87.4 cm³/mol. The van der Waals surface area contributed by atoms with Gasteiger partial charge >= 0.3 is 5.97 Å². The number of carboxylic acids is 1. The fraction of sp³-hybridized carbons (Fsp3) is 0.500. The molecule has 2 aromatic rings. The number of hydrogen-bond acceptors (Lipinski definition) is 4. The smallest absolute Gasteiger partial charge is 0.312 e. The van der Waals surface area contributed by atoms with Crippen molar-refractivity contribution >= 4 is 28.6 Å². The molecule has 0 amide bonds. The number of carboxylic acid groups (broad SMARTS) is 1. The maximum atomic E-state index is 11.4. The van der Waals surface area contributed by atoms with Crippen LogP contribution in [0.3, 0.4) is 0 Å². The Bertz CT molecular complexity index is 679. The highest BCUT2D eigenvalue weighted by Crippen LogP contribution is 2.41. The third-order valence-corrected chi connectivity index (χ3v) is 6.62. The van der Waals surface area contributed by atoms with Gasteiger partial charge in [0.05, 0.1) is 10.6 Å². The molecule has 112 valence electrons. The molecule has 2 heterocycles. The van der Waals surface area contributed by atoms with Crippen LogP contribution in [0, 0.1) is 0 Å². The lowest BCUT2D eigenvalue weighted by molar-refractivity contribution is -0.139. The topological polar surface area (TPSA) is 50.2 Å². The van der Waals surface area contributed by atoms with Gasteiger partial charge in [-0.15, -0.1) is 22.7 Å². The number of rotatable bonds is 2. The fourth-order valence-corrected chi connectivity index (χ4v) is 4.90. The Morgan fingerprint density at radius 1 is 1.33 bits per heavy atom. The highest BCUT2D eigenvalue weighted by atomic mass is 32.1. The van der Waals surface area contributed by atoms with Crippen molar-refractivity contribution < 1.29 is 9.90 Å². The van der Waals surface area contributed by atoms with Crippen molar-refractivity contribution in [3.05, 3.63) is 27.6 Å². The summed E-state index contributed by atoms with van der Waals surface area (Å²) < 4.78 is 0. The van der Waals surface area contributed by atoms with E-state index in [1.807, 2.05) is 0 Å².